The van der Waals surface area contributed by atoms with Crippen LogP contribution in [0.2, 0.25) is 4.44 Å². The maximum absolute atomic E-state index is 11.0. The Morgan fingerprint density at radius 3 is 0.667 bits per heavy atom. The van der Waals surface area contributed by atoms with Crippen molar-refractivity contribution in [3.63, 3.8) is 0 Å². The van der Waals surface area contributed by atoms with E-state index in [4.69, 9.17) is 15.3 Å². The number of hydrogen-bond acceptors (Lipinski definition) is 6. The van der Waals surface area contributed by atoms with Crippen LogP contribution in [-0.2, 0) is 14.4 Å². The smallest absolute Gasteiger partial charge is 0.197 e. The summed E-state index contributed by atoms with van der Waals surface area (Å²) in [6.45, 7) is 9.01. The zero-order chi connectivity index (χ0) is 55.6. The van der Waals surface area contributed by atoms with Crippen LogP contribution in [0, 0.1) is 17.8 Å². The summed E-state index contributed by atoms with van der Waals surface area (Å²) in [5, 5.41) is 27.2. The van der Waals surface area contributed by atoms with E-state index in [2.05, 4.69) is 102 Å². The van der Waals surface area contributed by atoms with Crippen molar-refractivity contribution in [3.05, 3.63) is 36.5 Å². The van der Waals surface area contributed by atoms with E-state index in [1.807, 2.05) is 0 Å². The second kappa shape index (κ2) is 75.9. The number of carboxylic acid groups (broad SMARTS) is 3. The third-order valence-corrected chi connectivity index (χ3v) is 15.7. The molecular formula is C64H126O6S4Sn. The topological polar surface area (TPSA) is 112 Å². The molecule has 0 bridgehead atoms. The summed E-state index contributed by atoms with van der Waals surface area (Å²) in [5.41, 5.74) is 0. The van der Waals surface area contributed by atoms with Crippen LogP contribution in [0.5, 0.6) is 0 Å². The van der Waals surface area contributed by atoms with Gasteiger partial charge in [-0.05, 0) is 133 Å². The number of carbonyl (C=O) groups is 3. The van der Waals surface area contributed by atoms with Crippen LogP contribution in [0.15, 0.2) is 36.5 Å². The van der Waals surface area contributed by atoms with Crippen LogP contribution in [-0.4, -0.2) is 73.0 Å². The minimum Gasteiger partial charge on any atom is -0.197 e. The van der Waals surface area contributed by atoms with Crippen molar-refractivity contribution in [2.45, 2.75) is 315 Å². The fraction of sp³-hybridized carbons (Fsp3) is 0.859. The van der Waals surface area contributed by atoms with Crippen molar-refractivity contribution in [1.29, 1.82) is 0 Å². The van der Waals surface area contributed by atoms with Gasteiger partial charge < -0.3 is 15.3 Å². The molecule has 0 saturated carbocycles. The van der Waals surface area contributed by atoms with Crippen molar-refractivity contribution in [2.24, 2.45) is 17.8 Å². The predicted octanol–water partition coefficient (Wildman–Crippen LogP) is 21.2. The van der Waals surface area contributed by atoms with Gasteiger partial charge in [-0.2, -0.15) is 51.4 Å². The molecule has 0 fully saturated rings. The Bertz CT molecular complexity index is 1060. The van der Waals surface area contributed by atoms with E-state index in [-0.39, 0.29) is 31.2 Å². The predicted molar refractivity (Wildman–Crippen MR) is 351 cm³/mol. The Hall–Kier alpha value is -0.171. The summed E-state index contributed by atoms with van der Waals surface area (Å²) in [4.78, 5) is 33.0. The molecule has 6 nitrogen and oxygen atoms in total. The average molecular weight is 1240 g/mol. The first-order valence-electron chi connectivity index (χ1n) is 31.2. The molecule has 3 N–H and O–H groups in total. The molecule has 3 unspecified atom stereocenters. The van der Waals surface area contributed by atoms with Crippen LogP contribution in [0.1, 0.15) is 310 Å². The number of aliphatic carboxylic acids is 3. The number of thiol groups is 3. The second-order valence-electron chi connectivity index (χ2n) is 20.8. The normalized spacial score (nSPS) is 12.3. The van der Waals surface area contributed by atoms with Crippen molar-refractivity contribution in [3.8, 4) is 0 Å². The first-order chi connectivity index (χ1) is 36.1. The second-order valence-corrected chi connectivity index (χ2v) is 23.8. The molecule has 0 aromatic carbocycles. The Morgan fingerprint density at radius 2 is 0.507 bits per heavy atom. The van der Waals surface area contributed by atoms with Gasteiger partial charge in [-0.25, -0.2) is 0 Å². The van der Waals surface area contributed by atoms with Crippen molar-refractivity contribution in [1.82, 2.24) is 0 Å². The first-order valence-corrected chi connectivity index (χ1v) is 35.5. The molecule has 0 aliphatic carbocycles. The summed E-state index contributed by atoms with van der Waals surface area (Å²) in [7, 11) is 0. The molecule has 0 aliphatic rings. The minimum atomic E-state index is -0.656. The summed E-state index contributed by atoms with van der Waals surface area (Å²) >= 11 is 13.8. The molecule has 446 valence electrons. The van der Waals surface area contributed by atoms with Gasteiger partial charge in [0.25, 0.3) is 0 Å². The summed E-state index contributed by atoms with van der Waals surface area (Å²) in [5.74, 6) is -0.537. The first kappa shape index (κ1) is 83.6. The van der Waals surface area contributed by atoms with Gasteiger partial charge in [0, 0.05) is 0 Å². The molecule has 75 heavy (non-hydrogen) atoms. The van der Waals surface area contributed by atoms with Gasteiger partial charge in [-0.3, -0.25) is 14.4 Å². The monoisotopic (exact) mass is 1240 g/mol. The molecule has 0 heterocycles. The molecule has 0 saturated heterocycles. The molecule has 3 atom stereocenters. The molecule has 2 radical (unpaired) electrons. The number of rotatable bonds is 53. The van der Waals surface area contributed by atoms with Gasteiger partial charge in [0.2, 0.25) is 0 Å². The van der Waals surface area contributed by atoms with E-state index < -0.39 is 17.9 Å². The number of unbranched alkanes of at least 4 members (excludes halogenated alkanes) is 31. The molecule has 0 aromatic rings. The zero-order valence-corrected chi connectivity index (χ0v) is 56.6. The van der Waals surface area contributed by atoms with Gasteiger partial charge in [0.1, 0.15) is 0 Å². The van der Waals surface area contributed by atoms with Crippen molar-refractivity contribution in [2.75, 3.05) is 17.3 Å². The molecule has 0 spiro atoms. The maximum atomic E-state index is 11.0. The van der Waals surface area contributed by atoms with Crippen molar-refractivity contribution >= 4 is 91.8 Å². The molecule has 11 heteroatoms. The van der Waals surface area contributed by atoms with Crippen LogP contribution in [0.3, 0.4) is 0 Å². The van der Waals surface area contributed by atoms with E-state index in [9.17, 15) is 14.4 Å². The SMILES string of the molecule is CCCCCCCC/C=C\CCCCCCC(CCS)C(=O)O.CCCCCCCC/C=C\CCCCCCC(CCS)C(=O)O.CCCCCCCC/C=C\CCCCCCC(CCS)C(=O)O.CCC[CH2][SnH].S. The summed E-state index contributed by atoms with van der Waals surface area (Å²) in [6.07, 6.45) is 67.1. The minimum absolute atomic E-state index is 0. The fourth-order valence-electron chi connectivity index (χ4n) is 8.70. The van der Waals surface area contributed by atoms with Crippen LogP contribution in [0.25, 0.3) is 0 Å². The summed E-state index contributed by atoms with van der Waals surface area (Å²) in [6, 6.07) is 0. The maximum Gasteiger partial charge on any atom is -0.197 e. The fourth-order valence-corrected chi connectivity index (χ4v) is 10.8. The number of allylic oxidation sites excluding steroid dienone is 6. The third-order valence-electron chi connectivity index (χ3n) is 13.7. The standard InChI is InChI=1S/3C20H38O2S.C4H9.H2S.Sn.H/c3*1-2-3-4-5-6-7-8-9-10-11-12-13-14-15-16-19(17-18-23)20(21)22;1-3-4-2;;;/h3*9-10,19,23H,2-8,11-18H2,1H3,(H,21,22);1,3-4H2,2H3;1H2;;/b3*10-9-;;;;. The number of hydrogen-bond donors (Lipinski definition) is 6. The van der Waals surface area contributed by atoms with Crippen LogP contribution < -0.4 is 0 Å². The third kappa shape index (κ3) is 75.9. The van der Waals surface area contributed by atoms with E-state index in [0.717, 1.165) is 57.8 Å². The molecule has 0 aromatic heterocycles. The van der Waals surface area contributed by atoms with E-state index >= 15 is 0 Å². The number of carboxylic acids is 3. The molecular weight excluding hydrogens is 1110 g/mol. The Balaban J connectivity index is -0.000000309. The van der Waals surface area contributed by atoms with Gasteiger partial charge in [0.15, 0.2) is 0 Å². The molecule has 0 rings (SSSR count). The van der Waals surface area contributed by atoms with Crippen LogP contribution in [0.4, 0.5) is 0 Å². The molecule has 0 aliphatic heterocycles. The van der Waals surface area contributed by atoms with Crippen molar-refractivity contribution < 1.29 is 29.7 Å². The Morgan fingerprint density at radius 1 is 0.320 bits per heavy atom. The molecule has 0 amide bonds. The van der Waals surface area contributed by atoms with E-state index in [1.54, 1.807) is 0 Å². The Labute approximate surface area is 503 Å². The van der Waals surface area contributed by atoms with Gasteiger partial charge in [0.05, 0.1) is 17.8 Å². The van der Waals surface area contributed by atoms with Crippen LogP contribution >= 0.6 is 51.4 Å². The van der Waals surface area contributed by atoms with Gasteiger partial charge in [-0.15, -0.1) is 0 Å². The average Bonchev–Trinajstić information content (AvgIpc) is 3.38. The van der Waals surface area contributed by atoms with Gasteiger partial charge in [-0.1, -0.05) is 211 Å². The Kier molecular flexibility index (Phi) is 84.6. The largest absolute Gasteiger partial charge is 0.197 e. The van der Waals surface area contributed by atoms with E-state index in [0.29, 0.717) is 36.5 Å². The van der Waals surface area contributed by atoms with Gasteiger partial charge >= 0.3 is 64.6 Å². The zero-order valence-electron chi connectivity index (χ0n) is 49.6. The van der Waals surface area contributed by atoms with E-state index in [1.165, 1.54) is 232 Å². The summed E-state index contributed by atoms with van der Waals surface area (Å²) < 4.78 is 1.47. The quantitative estimate of drug-likeness (QED) is 0.0157.